The molecular formula is C17H30O7. The Kier molecular flexibility index (Phi) is 5.81. The molecule has 3 fully saturated rings. The number of fused-ring (bicyclic) bond motifs is 1. The van der Waals surface area contributed by atoms with Gasteiger partial charge in [-0.05, 0) is 33.6 Å². The molecule has 2 N–H and O–H groups in total. The number of hydrogen-bond acceptors (Lipinski definition) is 7. The molecule has 140 valence electrons. The van der Waals surface area contributed by atoms with Crippen molar-refractivity contribution in [1.82, 2.24) is 0 Å². The van der Waals surface area contributed by atoms with E-state index in [1.807, 2.05) is 20.8 Å². The molecule has 3 rings (SSSR count). The third-order valence-electron chi connectivity index (χ3n) is 4.88. The Morgan fingerprint density at radius 3 is 2.46 bits per heavy atom. The van der Waals surface area contributed by atoms with Crippen LogP contribution in [-0.2, 0) is 23.7 Å². The van der Waals surface area contributed by atoms with Gasteiger partial charge in [-0.3, -0.25) is 0 Å². The first-order chi connectivity index (χ1) is 11.4. The van der Waals surface area contributed by atoms with Crippen LogP contribution in [0.3, 0.4) is 0 Å². The third-order valence-corrected chi connectivity index (χ3v) is 4.88. The lowest BCUT2D eigenvalue weighted by Crippen LogP contribution is -2.46. The van der Waals surface area contributed by atoms with Crippen molar-refractivity contribution in [3.63, 3.8) is 0 Å². The highest BCUT2D eigenvalue weighted by Gasteiger charge is 2.59. The normalized spacial score (nSPS) is 37.8. The first-order valence-electron chi connectivity index (χ1n) is 9.05. The number of aliphatic hydroxyl groups excluding tert-OH is 2. The molecule has 6 atom stereocenters. The Morgan fingerprint density at radius 2 is 1.83 bits per heavy atom. The van der Waals surface area contributed by atoms with E-state index in [4.69, 9.17) is 23.7 Å². The fourth-order valence-electron chi connectivity index (χ4n) is 3.89. The molecule has 0 aromatic heterocycles. The van der Waals surface area contributed by atoms with Gasteiger partial charge in [0, 0.05) is 12.8 Å². The van der Waals surface area contributed by atoms with Gasteiger partial charge < -0.3 is 33.9 Å². The van der Waals surface area contributed by atoms with E-state index in [9.17, 15) is 10.2 Å². The lowest BCUT2D eigenvalue weighted by atomic mass is 9.94. The summed E-state index contributed by atoms with van der Waals surface area (Å²) in [5, 5.41) is 19.4. The van der Waals surface area contributed by atoms with Crippen molar-refractivity contribution in [2.75, 3.05) is 6.61 Å². The second-order valence-corrected chi connectivity index (χ2v) is 7.24. The van der Waals surface area contributed by atoms with E-state index in [2.05, 4.69) is 0 Å². The zero-order chi connectivity index (χ0) is 17.3. The van der Waals surface area contributed by atoms with Crippen LogP contribution in [0.4, 0.5) is 0 Å². The molecule has 2 heterocycles. The summed E-state index contributed by atoms with van der Waals surface area (Å²) in [6.45, 7) is 5.26. The highest BCUT2D eigenvalue weighted by atomic mass is 16.8. The Labute approximate surface area is 143 Å². The van der Waals surface area contributed by atoms with Gasteiger partial charge in [-0.25, -0.2) is 0 Å². The van der Waals surface area contributed by atoms with Gasteiger partial charge in [0.15, 0.2) is 18.4 Å². The first-order valence-corrected chi connectivity index (χ1v) is 9.05. The van der Waals surface area contributed by atoms with Crippen molar-refractivity contribution in [3.05, 3.63) is 0 Å². The summed E-state index contributed by atoms with van der Waals surface area (Å²) in [6, 6.07) is 0. The number of aliphatic hydroxyl groups is 2. The molecule has 0 amide bonds. The Hall–Kier alpha value is -0.280. The van der Waals surface area contributed by atoms with Gasteiger partial charge in [-0.1, -0.05) is 6.42 Å². The van der Waals surface area contributed by atoms with Gasteiger partial charge in [0.2, 0.25) is 0 Å². The first kappa shape index (κ1) is 18.5. The lowest BCUT2D eigenvalue weighted by Gasteiger charge is -2.35. The minimum absolute atomic E-state index is 0.0183. The maximum atomic E-state index is 10.1. The van der Waals surface area contributed by atoms with Crippen molar-refractivity contribution in [3.8, 4) is 0 Å². The van der Waals surface area contributed by atoms with Crippen LogP contribution < -0.4 is 0 Å². The molecule has 1 aliphatic carbocycles. The van der Waals surface area contributed by atoms with Gasteiger partial charge in [-0.2, -0.15) is 0 Å². The zero-order valence-electron chi connectivity index (χ0n) is 14.7. The zero-order valence-corrected chi connectivity index (χ0v) is 14.7. The van der Waals surface area contributed by atoms with Crippen LogP contribution in [0.15, 0.2) is 0 Å². The maximum Gasteiger partial charge on any atom is 0.190 e. The monoisotopic (exact) mass is 346 g/mol. The van der Waals surface area contributed by atoms with Crippen molar-refractivity contribution < 1.29 is 33.9 Å². The molecule has 2 saturated heterocycles. The fourth-order valence-corrected chi connectivity index (χ4v) is 3.89. The van der Waals surface area contributed by atoms with Crippen LogP contribution in [0.25, 0.3) is 0 Å². The summed E-state index contributed by atoms with van der Waals surface area (Å²) in [7, 11) is 0. The summed E-state index contributed by atoms with van der Waals surface area (Å²) in [4.78, 5) is 0. The molecule has 0 radical (unpaired) electrons. The van der Waals surface area contributed by atoms with Crippen LogP contribution >= 0.6 is 0 Å². The van der Waals surface area contributed by atoms with Crippen molar-refractivity contribution in [1.29, 1.82) is 0 Å². The molecule has 1 saturated carbocycles. The van der Waals surface area contributed by atoms with Crippen LogP contribution in [0.2, 0.25) is 0 Å². The van der Waals surface area contributed by atoms with Gasteiger partial charge in [0.1, 0.15) is 24.4 Å². The predicted molar refractivity (Wildman–Crippen MR) is 84.1 cm³/mol. The molecule has 1 spiro atoms. The minimum Gasteiger partial charge on any atom is -0.394 e. The van der Waals surface area contributed by atoms with Gasteiger partial charge in [0.05, 0.1) is 12.7 Å². The SMILES string of the molecule is CC(C)OC(C)O[C@@H]1[C@H]2OC3(CCCCC3)O[C@H]2O[C@@H]1C(O)CO. The van der Waals surface area contributed by atoms with Gasteiger partial charge in [0.25, 0.3) is 0 Å². The molecule has 3 aliphatic rings. The highest BCUT2D eigenvalue weighted by Crippen LogP contribution is 2.46. The summed E-state index contributed by atoms with van der Waals surface area (Å²) < 4.78 is 29.8. The second kappa shape index (κ2) is 7.53. The van der Waals surface area contributed by atoms with E-state index < -0.39 is 49.4 Å². The Bertz CT molecular complexity index is 410. The summed E-state index contributed by atoms with van der Waals surface area (Å²) >= 11 is 0. The number of hydrogen-bond donors (Lipinski definition) is 2. The number of ether oxygens (including phenoxy) is 5. The van der Waals surface area contributed by atoms with Crippen molar-refractivity contribution >= 4 is 0 Å². The van der Waals surface area contributed by atoms with Gasteiger partial charge >= 0.3 is 0 Å². The lowest BCUT2D eigenvalue weighted by molar-refractivity contribution is -0.271. The summed E-state index contributed by atoms with van der Waals surface area (Å²) in [5.74, 6) is -0.591. The Morgan fingerprint density at radius 1 is 1.12 bits per heavy atom. The molecule has 7 nitrogen and oxygen atoms in total. The maximum absolute atomic E-state index is 10.1. The largest absolute Gasteiger partial charge is 0.394 e. The molecule has 7 heteroatoms. The van der Waals surface area contributed by atoms with E-state index in [0.717, 1.165) is 25.7 Å². The average Bonchev–Trinajstić information content (AvgIpc) is 3.02. The molecular weight excluding hydrogens is 316 g/mol. The predicted octanol–water partition coefficient (Wildman–Crippen LogP) is 1.30. The third kappa shape index (κ3) is 3.77. The molecule has 0 bridgehead atoms. The minimum atomic E-state index is -1.05. The highest BCUT2D eigenvalue weighted by molar-refractivity contribution is 4.99. The Balaban J connectivity index is 1.71. The molecule has 24 heavy (non-hydrogen) atoms. The van der Waals surface area contributed by atoms with E-state index in [1.165, 1.54) is 6.42 Å². The van der Waals surface area contributed by atoms with E-state index >= 15 is 0 Å². The quantitative estimate of drug-likeness (QED) is 0.701. The van der Waals surface area contributed by atoms with E-state index in [-0.39, 0.29) is 6.10 Å². The average molecular weight is 346 g/mol. The molecule has 2 unspecified atom stereocenters. The summed E-state index contributed by atoms with van der Waals surface area (Å²) in [6.07, 6.45) is 1.26. The van der Waals surface area contributed by atoms with Gasteiger partial charge in [-0.15, -0.1) is 0 Å². The molecule has 0 aromatic carbocycles. The van der Waals surface area contributed by atoms with Crippen LogP contribution in [0.5, 0.6) is 0 Å². The smallest absolute Gasteiger partial charge is 0.190 e. The van der Waals surface area contributed by atoms with Crippen LogP contribution in [0.1, 0.15) is 52.9 Å². The van der Waals surface area contributed by atoms with Crippen molar-refractivity contribution in [2.45, 2.75) is 102 Å². The van der Waals surface area contributed by atoms with Crippen LogP contribution in [0, 0.1) is 0 Å². The molecule has 2 aliphatic heterocycles. The van der Waals surface area contributed by atoms with Crippen molar-refractivity contribution in [2.24, 2.45) is 0 Å². The molecule has 0 aromatic rings. The van der Waals surface area contributed by atoms with E-state index in [0.29, 0.717) is 0 Å². The van der Waals surface area contributed by atoms with E-state index in [1.54, 1.807) is 0 Å². The fraction of sp³-hybridized carbons (Fsp3) is 1.00. The topological polar surface area (TPSA) is 86.6 Å². The second-order valence-electron chi connectivity index (χ2n) is 7.24. The summed E-state index contributed by atoms with van der Waals surface area (Å²) in [5.41, 5.74) is 0. The van der Waals surface area contributed by atoms with Crippen LogP contribution in [-0.4, -0.2) is 65.7 Å². The standard InChI is InChI=1S/C17H30O7/c1-10(2)20-11(3)21-14-13(12(19)9-18)22-16-15(14)23-17(24-16)7-5-4-6-8-17/h10-16,18-19H,4-9H2,1-3H3/t11?,12?,13-,14+,15-,16-/m1/s1. The number of rotatable bonds is 6.